The van der Waals surface area contributed by atoms with Crippen LogP contribution in [0, 0.1) is 11.8 Å². The summed E-state index contributed by atoms with van der Waals surface area (Å²) < 4.78 is 34.5. The van der Waals surface area contributed by atoms with E-state index in [0.29, 0.717) is 29.7 Å². The molecule has 2 aromatic carbocycles. The second-order valence-corrected chi connectivity index (χ2v) is 10.8. The van der Waals surface area contributed by atoms with Gasteiger partial charge in [-0.25, -0.2) is 8.42 Å². The average molecular weight is 444 g/mol. The Hall–Kier alpha value is -2.54. The maximum atomic E-state index is 13.6. The minimum Gasteiger partial charge on any atom is -0.454 e. The minimum absolute atomic E-state index is 0.0799. The van der Waals surface area contributed by atoms with Crippen LogP contribution >= 0.6 is 0 Å². The Kier molecular flexibility index (Phi) is 5.97. The number of ether oxygens (including phenoxy) is 2. The third kappa shape index (κ3) is 4.56. The number of nitrogens with zero attached hydrogens (tertiary/aromatic N) is 1. The SMILES string of the molecule is CC1CCCC(N(Cc2ccc3c(c2)OCO3)C(=O)c2ccc(S(C)(=O)=O)cc2)C1C. The third-order valence-electron chi connectivity index (χ3n) is 6.64. The van der Waals surface area contributed by atoms with E-state index < -0.39 is 9.84 Å². The molecule has 3 atom stereocenters. The quantitative estimate of drug-likeness (QED) is 0.689. The largest absolute Gasteiger partial charge is 0.454 e. The van der Waals surface area contributed by atoms with Crippen molar-refractivity contribution in [1.29, 1.82) is 0 Å². The highest BCUT2D eigenvalue weighted by atomic mass is 32.2. The highest BCUT2D eigenvalue weighted by Crippen LogP contribution is 2.36. The summed E-state index contributed by atoms with van der Waals surface area (Å²) >= 11 is 0. The second-order valence-electron chi connectivity index (χ2n) is 8.75. The Morgan fingerprint density at radius 3 is 2.45 bits per heavy atom. The van der Waals surface area contributed by atoms with Crippen LogP contribution in [0.4, 0.5) is 0 Å². The van der Waals surface area contributed by atoms with Gasteiger partial charge in [0, 0.05) is 24.4 Å². The van der Waals surface area contributed by atoms with E-state index in [1.807, 2.05) is 23.1 Å². The van der Waals surface area contributed by atoms with Gasteiger partial charge in [0.05, 0.1) is 4.90 Å². The van der Waals surface area contributed by atoms with Crippen LogP contribution in [0.15, 0.2) is 47.4 Å². The lowest BCUT2D eigenvalue weighted by molar-refractivity contribution is 0.0449. The standard InChI is InChI=1S/C24H29NO5S/c1-16-5-4-6-21(17(16)2)25(14-18-7-12-22-23(13-18)30-15-29-22)24(26)19-8-10-20(11-9-19)31(3,27)28/h7-13,16-17,21H,4-6,14-15H2,1-3H3. The summed E-state index contributed by atoms with van der Waals surface area (Å²) in [5, 5.41) is 0. The molecule has 1 aliphatic heterocycles. The van der Waals surface area contributed by atoms with Gasteiger partial charge in [-0.2, -0.15) is 0 Å². The Labute approximate surface area is 184 Å². The monoisotopic (exact) mass is 443 g/mol. The van der Waals surface area contributed by atoms with E-state index >= 15 is 0 Å². The Balaban J connectivity index is 1.65. The fourth-order valence-electron chi connectivity index (χ4n) is 4.58. The molecule has 0 saturated heterocycles. The zero-order chi connectivity index (χ0) is 22.2. The van der Waals surface area contributed by atoms with E-state index in [4.69, 9.17) is 9.47 Å². The van der Waals surface area contributed by atoms with Gasteiger partial charge in [-0.3, -0.25) is 4.79 Å². The summed E-state index contributed by atoms with van der Waals surface area (Å²) in [4.78, 5) is 15.8. The first kappa shape index (κ1) is 21.7. The summed E-state index contributed by atoms with van der Waals surface area (Å²) in [5.74, 6) is 2.26. The molecule has 1 saturated carbocycles. The van der Waals surface area contributed by atoms with Crippen LogP contribution in [0.1, 0.15) is 49.0 Å². The summed E-state index contributed by atoms with van der Waals surface area (Å²) in [6.45, 7) is 5.15. The van der Waals surface area contributed by atoms with Gasteiger partial charge in [-0.05, 0) is 60.2 Å². The van der Waals surface area contributed by atoms with Crippen LogP contribution in [0.2, 0.25) is 0 Å². The van der Waals surface area contributed by atoms with Crippen molar-refractivity contribution >= 4 is 15.7 Å². The zero-order valence-corrected chi connectivity index (χ0v) is 19.0. The van der Waals surface area contributed by atoms with Crippen molar-refractivity contribution in [3.63, 3.8) is 0 Å². The van der Waals surface area contributed by atoms with E-state index in [0.717, 1.165) is 24.2 Å². The maximum Gasteiger partial charge on any atom is 0.254 e. The lowest BCUT2D eigenvalue weighted by atomic mass is 9.77. The molecular formula is C24H29NO5S. The Morgan fingerprint density at radius 1 is 1.03 bits per heavy atom. The first-order valence-electron chi connectivity index (χ1n) is 10.7. The number of carbonyl (C=O) groups is 1. The predicted molar refractivity (Wildman–Crippen MR) is 118 cm³/mol. The smallest absolute Gasteiger partial charge is 0.254 e. The fourth-order valence-corrected chi connectivity index (χ4v) is 5.21. The number of amides is 1. The number of carbonyl (C=O) groups excluding carboxylic acids is 1. The minimum atomic E-state index is -3.31. The van der Waals surface area contributed by atoms with Crippen molar-refractivity contribution in [1.82, 2.24) is 4.90 Å². The van der Waals surface area contributed by atoms with Gasteiger partial charge in [0.2, 0.25) is 6.79 Å². The number of sulfone groups is 1. The van der Waals surface area contributed by atoms with Gasteiger partial charge in [0.15, 0.2) is 21.3 Å². The van der Waals surface area contributed by atoms with Crippen molar-refractivity contribution in [3.05, 3.63) is 53.6 Å². The fraction of sp³-hybridized carbons (Fsp3) is 0.458. The summed E-state index contributed by atoms with van der Waals surface area (Å²) in [5.41, 5.74) is 1.48. The molecule has 6 nitrogen and oxygen atoms in total. The molecule has 0 bridgehead atoms. The normalized spacial score (nSPS) is 22.9. The number of benzene rings is 2. The van der Waals surface area contributed by atoms with Gasteiger partial charge in [0.1, 0.15) is 0 Å². The van der Waals surface area contributed by atoms with Crippen LogP contribution in [0.5, 0.6) is 11.5 Å². The number of hydrogen-bond donors (Lipinski definition) is 0. The lowest BCUT2D eigenvalue weighted by Crippen LogP contribution is -2.46. The zero-order valence-electron chi connectivity index (χ0n) is 18.2. The van der Waals surface area contributed by atoms with Gasteiger partial charge < -0.3 is 14.4 Å². The molecule has 4 rings (SSSR count). The molecule has 0 spiro atoms. The molecule has 1 heterocycles. The van der Waals surface area contributed by atoms with E-state index in [-0.39, 0.29) is 23.6 Å². The Morgan fingerprint density at radius 2 is 1.74 bits per heavy atom. The molecule has 0 N–H and O–H groups in total. The van der Waals surface area contributed by atoms with Crippen LogP contribution in [-0.4, -0.2) is 38.3 Å². The first-order chi connectivity index (χ1) is 14.7. The maximum absolute atomic E-state index is 13.6. The molecule has 1 amide bonds. The van der Waals surface area contributed by atoms with E-state index in [1.54, 1.807) is 12.1 Å². The number of rotatable bonds is 5. The third-order valence-corrected chi connectivity index (χ3v) is 7.77. The van der Waals surface area contributed by atoms with E-state index in [2.05, 4.69) is 13.8 Å². The summed E-state index contributed by atoms with van der Waals surface area (Å²) in [6, 6.07) is 12.2. The molecule has 3 unspecified atom stereocenters. The molecular weight excluding hydrogens is 414 g/mol. The van der Waals surface area contributed by atoms with Crippen molar-refractivity contribution in [2.75, 3.05) is 13.0 Å². The highest BCUT2D eigenvalue weighted by molar-refractivity contribution is 7.90. The van der Waals surface area contributed by atoms with Crippen LogP contribution in [0.25, 0.3) is 0 Å². The van der Waals surface area contributed by atoms with Crippen LogP contribution in [-0.2, 0) is 16.4 Å². The molecule has 2 aliphatic rings. The molecule has 0 radical (unpaired) electrons. The highest BCUT2D eigenvalue weighted by Gasteiger charge is 2.34. The van der Waals surface area contributed by atoms with Gasteiger partial charge in [-0.15, -0.1) is 0 Å². The number of hydrogen-bond acceptors (Lipinski definition) is 5. The van der Waals surface area contributed by atoms with Crippen LogP contribution in [0.3, 0.4) is 0 Å². The molecule has 2 aromatic rings. The topological polar surface area (TPSA) is 72.9 Å². The van der Waals surface area contributed by atoms with Crippen molar-refractivity contribution in [2.24, 2.45) is 11.8 Å². The average Bonchev–Trinajstić information content (AvgIpc) is 3.21. The number of fused-ring (bicyclic) bond motifs is 1. The van der Waals surface area contributed by atoms with Gasteiger partial charge in [-0.1, -0.05) is 32.8 Å². The van der Waals surface area contributed by atoms with E-state index in [9.17, 15) is 13.2 Å². The summed E-state index contributed by atoms with van der Waals surface area (Å²) in [6.07, 6.45) is 4.39. The molecule has 31 heavy (non-hydrogen) atoms. The lowest BCUT2D eigenvalue weighted by Gasteiger charge is -2.42. The van der Waals surface area contributed by atoms with Gasteiger partial charge in [0.25, 0.3) is 5.91 Å². The summed E-state index contributed by atoms with van der Waals surface area (Å²) in [7, 11) is -3.31. The van der Waals surface area contributed by atoms with E-state index in [1.165, 1.54) is 24.8 Å². The molecule has 1 aliphatic carbocycles. The molecule has 7 heteroatoms. The first-order valence-corrected chi connectivity index (χ1v) is 12.6. The molecule has 166 valence electrons. The van der Waals surface area contributed by atoms with Crippen molar-refractivity contribution in [3.8, 4) is 11.5 Å². The van der Waals surface area contributed by atoms with Crippen molar-refractivity contribution < 1.29 is 22.7 Å². The molecule has 1 fully saturated rings. The van der Waals surface area contributed by atoms with Crippen molar-refractivity contribution in [2.45, 2.75) is 50.6 Å². The van der Waals surface area contributed by atoms with Gasteiger partial charge >= 0.3 is 0 Å². The predicted octanol–water partition coefficient (Wildman–Crippen LogP) is 4.29. The second kappa shape index (κ2) is 8.54. The molecule has 0 aromatic heterocycles. The van der Waals surface area contributed by atoms with Crippen LogP contribution < -0.4 is 9.47 Å². The Bertz CT molecular complexity index is 1060.